The van der Waals surface area contributed by atoms with Crippen LogP contribution in [0.2, 0.25) is 0 Å². The normalized spacial score (nSPS) is 13.5. The highest BCUT2D eigenvalue weighted by molar-refractivity contribution is 5.43. The van der Waals surface area contributed by atoms with E-state index in [1.807, 2.05) is 0 Å². The van der Waals surface area contributed by atoms with Crippen LogP contribution in [0.4, 0.5) is 30.7 Å². The molecular formula is C24H14F7N5O. The van der Waals surface area contributed by atoms with Crippen molar-refractivity contribution in [2.45, 2.75) is 24.2 Å². The van der Waals surface area contributed by atoms with Crippen LogP contribution in [0.15, 0.2) is 67.1 Å². The number of aliphatic hydroxyl groups is 1. The van der Waals surface area contributed by atoms with Crippen molar-refractivity contribution in [3.05, 3.63) is 107 Å². The molecule has 0 amide bonds. The van der Waals surface area contributed by atoms with Gasteiger partial charge in [-0.2, -0.15) is 22.0 Å². The second-order valence-electron chi connectivity index (χ2n) is 7.82. The summed E-state index contributed by atoms with van der Waals surface area (Å²) in [6, 6.07) is 7.76. The van der Waals surface area contributed by atoms with Gasteiger partial charge in [0.1, 0.15) is 23.7 Å². The zero-order valence-corrected chi connectivity index (χ0v) is 18.4. The van der Waals surface area contributed by atoms with Crippen molar-refractivity contribution >= 4 is 0 Å². The van der Waals surface area contributed by atoms with Crippen LogP contribution < -0.4 is 0 Å². The predicted octanol–water partition coefficient (Wildman–Crippen LogP) is 4.44. The second kappa shape index (κ2) is 9.62. The molecule has 0 saturated carbocycles. The molecule has 13 heteroatoms. The van der Waals surface area contributed by atoms with Gasteiger partial charge in [0.15, 0.2) is 5.60 Å². The predicted molar refractivity (Wildman–Crippen MR) is 114 cm³/mol. The molecule has 2 heterocycles. The van der Waals surface area contributed by atoms with Crippen molar-refractivity contribution in [1.82, 2.24) is 25.2 Å². The van der Waals surface area contributed by atoms with E-state index in [2.05, 4.69) is 32.4 Å². The van der Waals surface area contributed by atoms with E-state index < -0.39 is 52.7 Å². The third-order valence-corrected chi connectivity index (χ3v) is 5.33. The number of rotatable bonds is 5. The van der Waals surface area contributed by atoms with Crippen molar-refractivity contribution in [2.24, 2.45) is 0 Å². The number of nitrogens with zero attached hydrogens (tertiary/aromatic N) is 5. The van der Waals surface area contributed by atoms with Crippen LogP contribution in [-0.4, -0.2) is 30.3 Å². The van der Waals surface area contributed by atoms with Gasteiger partial charge < -0.3 is 5.11 Å². The molecule has 6 nitrogen and oxygen atoms in total. The number of pyridine rings is 1. The number of benzene rings is 2. The molecule has 0 aliphatic heterocycles. The quantitative estimate of drug-likeness (QED) is 0.311. The largest absolute Gasteiger partial charge is 0.416 e. The molecule has 0 saturated heterocycles. The molecule has 1 unspecified atom stereocenters. The molecule has 0 aliphatic rings. The van der Waals surface area contributed by atoms with Gasteiger partial charge in [-0.1, -0.05) is 11.8 Å². The number of hydrogen-bond acceptors (Lipinski definition) is 5. The van der Waals surface area contributed by atoms with Crippen molar-refractivity contribution in [3.8, 4) is 11.8 Å². The van der Waals surface area contributed by atoms with Gasteiger partial charge >= 0.3 is 12.1 Å². The summed E-state index contributed by atoms with van der Waals surface area (Å²) in [5, 5.41) is 21.2. The number of alkyl halides is 5. The van der Waals surface area contributed by atoms with E-state index in [0.29, 0.717) is 18.2 Å². The first-order valence-electron chi connectivity index (χ1n) is 10.3. The Morgan fingerprint density at radius 3 is 2.11 bits per heavy atom. The SMILES string of the molecule is OC(Cn1cnnn1)(c1ccc(F)cc1F)C(F)(F)c1ccc(C#Cc2ccc(C(F)(F)F)cc2)cn1. The van der Waals surface area contributed by atoms with E-state index in [9.17, 15) is 27.1 Å². The smallest absolute Gasteiger partial charge is 0.377 e. The Hall–Kier alpha value is -4.31. The Kier molecular flexibility index (Phi) is 6.70. The molecule has 0 fully saturated rings. The Morgan fingerprint density at radius 2 is 1.54 bits per heavy atom. The van der Waals surface area contributed by atoms with Crippen LogP contribution in [-0.2, 0) is 24.2 Å². The second-order valence-corrected chi connectivity index (χ2v) is 7.82. The molecule has 4 rings (SSSR count). The molecule has 2 aromatic carbocycles. The highest BCUT2D eigenvalue weighted by Gasteiger charge is 2.58. The van der Waals surface area contributed by atoms with E-state index in [1.54, 1.807) is 0 Å². The monoisotopic (exact) mass is 521 g/mol. The standard InChI is InChI=1S/C24H14F7N5O/c25-18-8-9-19(20(26)11-18)22(37,13-36-14-33-34-35-36)23(27,28)21-10-5-16(12-32-21)2-1-15-3-6-17(7-4-15)24(29,30)31/h3-12,14,37H,13H2. The third-order valence-electron chi connectivity index (χ3n) is 5.33. The lowest BCUT2D eigenvalue weighted by atomic mass is 9.84. The third kappa shape index (κ3) is 5.29. The van der Waals surface area contributed by atoms with Crippen LogP contribution >= 0.6 is 0 Å². The van der Waals surface area contributed by atoms with E-state index in [1.165, 1.54) is 0 Å². The van der Waals surface area contributed by atoms with Crippen LogP contribution in [0.25, 0.3) is 0 Å². The summed E-state index contributed by atoms with van der Waals surface area (Å²) in [6.07, 6.45) is -2.62. The fourth-order valence-electron chi connectivity index (χ4n) is 3.42. The summed E-state index contributed by atoms with van der Waals surface area (Å²) in [5.41, 5.74) is -5.64. The number of hydrogen-bond donors (Lipinski definition) is 1. The van der Waals surface area contributed by atoms with E-state index >= 15 is 8.78 Å². The summed E-state index contributed by atoms with van der Waals surface area (Å²) in [6.45, 7) is -1.01. The molecule has 37 heavy (non-hydrogen) atoms. The molecule has 2 aromatic heterocycles. The van der Waals surface area contributed by atoms with Gasteiger partial charge in [-0.05, 0) is 59.0 Å². The number of aromatic nitrogens is 5. The fraction of sp³-hybridized carbons (Fsp3) is 0.167. The lowest BCUT2D eigenvalue weighted by molar-refractivity contribution is -0.207. The molecule has 4 aromatic rings. The maximum atomic E-state index is 15.7. The average molecular weight is 521 g/mol. The molecule has 0 bridgehead atoms. The molecule has 0 spiro atoms. The van der Waals surface area contributed by atoms with Crippen LogP contribution in [0.1, 0.15) is 27.9 Å². The minimum absolute atomic E-state index is 0.136. The van der Waals surface area contributed by atoms with E-state index in [4.69, 9.17) is 0 Å². The highest BCUT2D eigenvalue weighted by atomic mass is 19.4. The summed E-state index contributed by atoms with van der Waals surface area (Å²) < 4.78 is 98.1. The molecule has 1 N–H and O–H groups in total. The zero-order chi connectivity index (χ0) is 26.8. The molecular weight excluding hydrogens is 507 g/mol. The maximum Gasteiger partial charge on any atom is 0.416 e. The van der Waals surface area contributed by atoms with Gasteiger partial charge in [-0.25, -0.2) is 13.5 Å². The van der Waals surface area contributed by atoms with E-state index in [-0.39, 0.29) is 11.1 Å². The summed E-state index contributed by atoms with van der Waals surface area (Å²) in [4.78, 5) is 3.66. The van der Waals surface area contributed by atoms with Gasteiger partial charge in [0.25, 0.3) is 0 Å². The lowest BCUT2D eigenvalue weighted by Gasteiger charge is -2.35. The topological polar surface area (TPSA) is 76.7 Å². The number of tetrazole rings is 1. The van der Waals surface area contributed by atoms with Crippen LogP contribution in [0.3, 0.4) is 0 Å². The van der Waals surface area contributed by atoms with Gasteiger partial charge in [-0.15, -0.1) is 5.10 Å². The molecule has 190 valence electrons. The maximum absolute atomic E-state index is 15.7. The summed E-state index contributed by atoms with van der Waals surface area (Å²) in [5.74, 6) is -1.52. The van der Waals surface area contributed by atoms with Crippen molar-refractivity contribution in [3.63, 3.8) is 0 Å². The van der Waals surface area contributed by atoms with E-state index in [0.717, 1.165) is 53.6 Å². The van der Waals surface area contributed by atoms with Gasteiger partial charge in [-0.3, -0.25) is 4.98 Å². The Balaban J connectivity index is 1.65. The van der Waals surface area contributed by atoms with Crippen LogP contribution in [0.5, 0.6) is 0 Å². The molecule has 0 aliphatic carbocycles. The van der Waals surface area contributed by atoms with Gasteiger partial charge in [0, 0.05) is 29.0 Å². The first-order valence-corrected chi connectivity index (χ1v) is 10.3. The minimum Gasteiger partial charge on any atom is -0.377 e. The average Bonchev–Trinajstić information content (AvgIpc) is 3.35. The first kappa shape index (κ1) is 25.8. The fourth-order valence-corrected chi connectivity index (χ4v) is 3.42. The molecule has 1 atom stereocenters. The summed E-state index contributed by atoms with van der Waals surface area (Å²) >= 11 is 0. The van der Waals surface area contributed by atoms with Crippen molar-refractivity contribution in [1.29, 1.82) is 0 Å². The van der Waals surface area contributed by atoms with Gasteiger partial charge in [0.2, 0.25) is 0 Å². The summed E-state index contributed by atoms with van der Waals surface area (Å²) in [7, 11) is 0. The van der Waals surface area contributed by atoms with Crippen LogP contribution in [0, 0.1) is 23.5 Å². The van der Waals surface area contributed by atoms with Crippen molar-refractivity contribution < 1.29 is 35.8 Å². The Morgan fingerprint density at radius 1 is 0.865 bits per heavy atom. The highest BCUT2D eigenvalue weighted by Crippen LogP contribution is 2.46. The molecule has 0 radical (unpaired) electrons. The van der Waals surface area contributed by atoms with Crippen molar-refractivity contribution in [2.75, 3.05) is 0 Å². The lowest BCUT2D eigenvalue weighted by Crippen LogP contribution is -2.48. The Labute approximate surface area is 204 Å². The van der Waals surface area contributed by atoms with Gasteiger partial charge in [0.05, 0.1) is 12.1 Å². The zero-order valence-electron chi connectivity index (χ0n) is 18.4. The Bertz CT molecular complexity index is 1440. The minimum atomic E-state index is -4.50. The number of halogens is 7. The first-order chi connectivity index (χ1) is 17.4.